The Kier molecular flexibility index (Phi) is 3.78. The van der Waals surface area contributed by atoms with Gasteiger partial charge in [0.1, 0.15) is 17.2 Å². The maximum atomic E-state index is 13.3. The van der Waals surface area contributed by atoms with Crippen molar-refractivity contribution in [2.24, 2.45) is 0 Å². The summed E-state index contributed by atoms with van der Waals surface area (Å²) in [6, 6.07) is 10.9. The van der Waals surface area contributed by atoms with Gasteiger partial charge in [0.2, 0.25) is 0 Å². The van der Waals surface area contributed by atoms with Gasteiger partial charge in [0.25, 0.3) is 0 Å². The van der Waals surface area contributed by atoms with Crippen molar-refractivity contribution in [1.29, 1.82) is 0 Å². The second-order valence-corrected chi connectivity index (χ2v) is 4.84. The van der Waals surface area contributed by atoms with Gasteiger partial charge in [0.05, 0.1) is 7.11 Å². The molecule has 0 amide bonds. The predicted molar refractivity (Wildman–Crippen MR) is 73.1 cm³/mol. The van der Waals surface area contributed by atoms with Gasteiger partial charge in [-0.15, -0.1) is 0 Å². The molecule has 2 rings (SSSR count). The standard InChI is InChI=1S/C15H14ClFO2/c1-15(18,10-4-3-5-12(8-10)19-2)13-9-11(17)6-7-14(13)16/h3-9,18H,1-2H3. The molecule has 0 heterocycles. The third-order valence-corrected chi connectivity index (χ3v) is 3.41. The molecule has 0 fully saturated rings. The lowest BCUT2D eigenvalue weighted by Crippen LogP contribution is -2.23. The molecular weight excluding hydrogens is 267 g/mol. The molecule has 0 aliphatic rings. The zero-order chi connectivity index (χ0) is 14.0. The monoisotopic (exact) mass is 280 g/mol. The topological polar surface area (TPSA) is 29.5 Å². The fourth-order valence-corrected chi connectivity index (χ4v) is 2.25. The third-order valence-electron chi connectivity index (χ3n) is 3.08. The molecule has 0 bridgehead atoms. The molecule has 4 heteroatoms. The summed E-state index contributed by atoms with van der Waals surface area (Å²) in [4.78, 5) is 0. The van der Waals surface area contributed by atoms with E-state index < -0.39 is 11.4 Å². The first-order valence-corrected chi connectivity index (χ1v) is 6.15. The summed E-state index contributed by atoms with van der Waals surface area (Å²) in [5, 5.41) is 11.0. The first kappa shape index (κ1) is 13.8. The molecule has 2 aromatic rings. The summed E-state index contributed by atoms with van der Waals surface area (Å²) in [5.74, 6) is 0.174. The molecule has 0 aliphatic heterocycles. The lowest BCUT2D eigenvalue weighted by molar-refractivity contribution is 0.102. The van der Waals surface area contributed by atoms with E-state index in [-0.39, 0.29) is 0 Å². The first-order chi connectivity index (χ1) is 8.95. The minimum Gasteiger partial charge on any atom is -0.497 e. The molecule has 0 aliphatic carbocycles. The Labute approximate surface area is 116 Å². The van der Waals surface area contributed by atoms with Crippen LogP contribution in [-0.4, -0.2) is 12.2 Å². The van der Waals surface area contributed by atoms with E-state index in [4.69, 9.17) is 16.3 Å². The van der Waals surface area contributed by atoms with Gasteiger partial charge >= 0.3 is 0 Å². The highest BCUT2D eigenvalue weighted by atomic mass is 35.5. The number of aliphatic hydroxyl groups is 1. The number of benzene rings is 2. The third kappa shape index (κ3) is 2.72. The summed E-state index contributed by atoms with van der Waals surface area (Å²) >= 11 is 6.05. The summed E-state index contributed by atoms with van der Waals surface area (Å²) < 4.78 is 18.5. The van der Waals surface area contributed by atoms with Gasteiger partial charge in [-0.1, -0.05) is 23.7 Å². The lowest BCUT2D eigenvalue weighted by atomic mass is 9.88. The largest absolute Gasteiger partial charge is 0.497 e. The maximum Gasteiger partial charge on any atom is 0.123 e. The molecule has 0 saturated carbocycles. The molecule has 0 aromatic heterocycles. The SMILES string of the molecule is COc1cccc(C(C)(O)c2cc(F)ccc2Cl)c1. The minimum absolute atomic E-state index is 0.314. The molecule has 2 nitrogen and oxygen atoms in total. The van der Waals surface area contributed by atoms with Crippen molar-refractivity contribution in [3.05, 3.63) is 64.4 Å². The summed E-state index contributed by atoms with van der Waals surface area (Å²) in [6.07, 6.45) is 0. The smallest absolute Gasteiger partial charge is 0.123 e. The molecule has 1 unspecified atom stereocenters. The predicted octanol–water partition coefficient (Wildman–Crippen LogP) is 3.74. The van der Waals surface area contributed by atoms with Gasteiger partial charge in [0.15, 0.2) is 0 Å². The fourth-order valence-electron chi connectivity index (χ4n) is 1.95. The Balaban J connectivity index is 2.54. The molecule has 2 aromatic carbocycles. The van der Waals surface area contributed by atoms with Crippen LogP contribution in [0.25, 0.3) is 0 Å². The van der Waals surface area contributed by atoms with Gasteiger partial charge in [-0.05, 0) is 42.8 Å². The van der Waals surface area contributed by atoms with Crippen LogP contribution in [0.15, 0.2) is 42.5 Å². The molecule has 100 valence electrons. The minimum atomic E-state index is -1.40. The molecule has 0 spiro atoms. The Morgan fingerprint density at radius 2 is 1.95 bits per heavy atom. The quantitative estimate of drug-likeness (QED) is 0.928. The van der Waals surface area contributed by atoms with E-state index >= 15 is 0 Å². The van der Waals surface area contributed by atoms with Crippen molar-refractivity contribution in [3.8, 4) is 5.75 Å². The van der Waals surface area contributed by atoms with Crippen LogP contribution in [0.5, 0.6) is 5.75 Å². The van der Waals surface area contributed by atoms with Gasteiger partial charge in [-0.25, -0.2) is 4.39 Å². The van der Waals surface area contributed by atoms with Crippen molar-refractivity contribution in [2.45, 2.75) is 12.5 Å². The van der Waals surface area contributed by atoms with E-state index in [1.54, 1.807) is 38.3 Å². The molecule has 19 heavy (non-hydrogen) atoms. The van der Waals surface area contributed by atoms with Crippen molar-refractivity contribution in [2.75, 3.05) is 7.11 Å². The maximum absolute atomic E-state index is 13.3. The number of hydrogen-bond donors (Lipinski definition) is 1. The zero-order valence-electron chi connectivity index (χ0n) is 10.7. The van der Waals surface area contributed by atoms with Crippen LogP contribution in [0.4, 0.5) is 4.39 Å². The van der Waals surface area contributed by atoms with Crippen molar-refractivity contribution in [1.82, 2.24) is 0 Å². The molecule has 0 radical (unpaired) electrons. The Morgan fingerprint density at radius 3 is 2.63 bits per heavy atom. The lowest BCUT2D eigenvalue weighted by Gasteiger charge is -2.26. The first-order valence-electron chi connectivity index (χ1n) is 5.77. The van der Waals surface area contributed by atoms with E-state index in [0.29, 0.717) is 21.9 Å². The molecule has 1 atom stereocenters. The van der Waals surface area contributed by atoms with Crippen LogP contribution in [-0.2, 0) is 5.60 Å². The van der Waals surface area contributed by atoms with E-state index in [1.165, 1.54) is 18.2 Å². The number of methoxy groups -OCH3 is 1. The van der Waals surface area contributed by atoms with E-state index in [2.05, 4.69) is 0 Å². The molecule has 0 saturated heterocycles. The Bertz CT molecular complexity index is 596. The molecular formula is C15H14ClFO2. The van der Waals surface area contributed by atoms with Crippen molar-refractivity contribution < 1.29 is 14.2 Å². The normalized spacial score (nSPS) is 13.9. The van der Waals surface area contributed by atoms with Crippen molar-refractivity contribution in [3.63, 3.8) is 0 Å². The number of rotatable bonds is 3. The van der Waals surface area contributed by atoms with Crippen LogP contribution in [0.2, 0.25) is 5.02 Å². The average molecular weight is 281 g/mol. The van der Waals surface area contributed by atoms with E-state index in [0.717, 1.165) is 0 Å². The highest BCUT2D eigenvalue weighted by Crippen LogP contribution is 2.35. The van der Waals surface area contributed by atoms with Crippen molar-refractivity contribution >= 4 is 11.6 Å². The van der Waals surface area contributed by atoms with Gasteiger partial charge < -0.3 is 9.84 Å². The number of hydrogen-bond acceptors (Lipinski definition) is 2. The summed E-state index contributed by atoms with van der Waals surface area (Å²) in [5.41, 5.74) is -0.491. The van der Waals surface area contributed by atoms with Gasteiger partial charge in [-0.2, -0.15) is 0 Å². The zero-order valence-corrected chi connectivity index (χ0v) is 11.4. The number of halogens is 2. The van der Waals surface area contributed by atoms with E-state index in [1.807, 2.05) is 0 Å². The highest BCUT2D eigenvalue weighted by Gasteiger charge is 2.28. The van der Waals surface area contributed by atoms with Crippen LogP contribution in [0, 0.1) is 5.82 Å². The van der Waals surface area contributed by atoms with Crippen LogP contribution >= 0.6 is 11.6 Å². The fraction of sp³-hybridized carbons (Fsp3) is 0.200. The van der Waals surface area contributed by atoms with Gasteiger partial charge in [0, 0.05) is 10.6 Å². The summed E-state index contributed by atoms with van der Waals surface area (Å²) in [7, 11) is 1.54. The second kappa shape index (κ2) is 5.19. The van der Waals surface area contributed by atoms with E-state index in [9.17, 15) is 9.50 Å². The Morgan fingerprint density at radius 1 is 1.21 bits per heavy atom. The Hall–Kier alpha value is -1.58. The van der Waals surface area contributed by atoms with Crippen LogP contribution in [0.1, 0.15) is 18.1 Å². The average Bonchev–Trinajstić information content (AvgIpc) is 2.41. The molecule has 1 N–H and O–H groups in total. The summed E-state index contributed by atoms with van der Waals surface area (Å²) in [6.45, 7) is 1.57. The van der Waals surface area contributed by atoms with Crippen LogP contribution in [0.3, 0.4) is 0 Å². The van der Waals surface area contributed by atoms with Crippen LogP contribution < -0.4 is 4.74 Å². The highest BCUT2D eigenvalue weighted by molar-refractivity contribution is 6.31. The number of ether oxygens (including phenoxy) is 1. The van der Waals surface area contributed by atoms with Gasteiger partial charge in [-0.3, -0.25) is 0 Å². The second-order valence-electron chi connectivity index (χ2n) is 4.43.